The van der Waals surface area contributed by atoms with Crippen LogP contribution in [0.5, 0.6) is 0 Å². The first-order chi connectivity index (χ1) is 11.9. The summed E-state index contributed by atoms with van der Waals surface area (Å²) in [5, 5.41) is 4.73. The molecule has 3 rings (SSSR count). The van der Waals surface area contributed by atoms with Gasteiger partial charge in [-0.15, -0.1) is 0 Å². The second kappa shape index (κ2) is 6.56. The van der Waals surface area contributed by atoms with E-state index in [1.165, 1.54) is 18.2 Å². The third kappa shape index (κ3) is 3.71. The molecule has 9 heteroatoms. The van der Waals surface area contributed by atoms with Crippen molar-refractivity contribution in [3.63, 3.8) is 0 Å². The number of carbonyl (C=O) groups is 2. The Balaban J connectivity index is 1.61. The number of aromatic amines is 1. The van der Waals surface area contributed by atoms with Gasteiger partial charge in [-0.25, -0.2) is 13.6 Å². The van der Waals surface area contributed by atoms with Crippen molar-refractivity contribution < 1.29 is 22.8 Å². The summed E-state index contributed by atoms with van der Waals surface area (Å²) < 4.78 is 31.1. The van der Waals surface area contributed by atoms with Crippen LogP contribution in [-0.4, -0.2) is 23.3 Å². The van der Waals surface area contributed by atoms with E-state index in [4.69, 9.17) is 4.42 Å². The van der Waals surface area contributed by atoms with Crippen molar-refractivity contribution in [1.82, 2.24) is 10.3 Å². The molecule has 7 nitrogen and oxygen atoms in total. The van der Waals surface area contributed by atoms with Gasteiger partial charge in [0.15, 0.2) is 5.58 Å². The molecule has 0 fully saturated rings. The van der Waals surface area contributed by atoms with Crippen LogP contribution in [-0.2, 0) is 4.79 Å². The van der Waals surface area contributed by atoms with Gasteiger partial charge in [-0.2, -0.15) is 0 Å². The maximum atomic E-state index is 13.5. The lowest BCUT2D eigenvalue weighted by atomic mass is 10.2. The van der Waals surface area contributed by atoms with E-state index in [-0.39, 0.29) is 5.56 Å². The lowest BCUT2D eigenvalue weighted by molar-refractivity contribution is -0.115. The lowest BCUT2D eigenvalue weighted by Gasteiger charge is -2.07. The third-order valence-corrected chi connectivity index (χ3v) is 3.29. The van der Waals surface area contributed by atoms with Crippen molar-refractivity contribution >= 4 is 28.6 Å². The molecule has 0 aliphatic carbocycles. The zero-order valence-electron chi connectivity index (χ0n) is 12.6. The van der Waals surface area contributed by atoms with Crippen molar-refractivity contribution in [3.8, 4) is 0 Å². The van der Waals surface area contributed by atoms with E-state index in [0.717, 1.165) is 12.1 Å². The molecule has 3 N–H and O–H groups in total. The SMILES string of the molecule is O=C(CNC(=O)c1ccc(F)cc1F)Nc1ccc2oc(=O)[nH]c2c1. The minimum absolute atomic E-state index is 0.336. The average Bonchev–Trinajstić information content (AvgIpc) is 2.92. The van der Waals surface area contributed by atoms with Crippen molar-refractivity contribution in [2.24, 2.45) is 0 Å². The topological polar surface area (TPSA) is 104 Å². The average molecular weight is 347 g/mol. The second-order valence-electron chi connectivity index (χ2n) is 5.08. The minimum atomic E-state index is -1.02. The van der Waals surface area contributed by atoms with E-state index in [9.17, 15) is 23.2 Å². The monoisotopic (exact) mass is 347 g/mol. The number of hydrogen-bond donors (Lipinski definition) is 3. The zero-order valence-corrected chi connectivity index (χ0v) is 12.6. The van der Waals surface area contributed by atoms with E-state index in [2.05, 4.69) is 15.6 Å². The number of nitrogens with one attached hydrogen (secondary N) is 3. The highest BCUT2D eigenvalue weighted by Crippen LogP contribution is 2.16. The molecular weight excluding hydrogens is 336 g/mol. The number of halogens is 2. The Morgan fingerprint density at radius 3 is 2.68 bits per heavy atom. The molecule has 0 bridgehead atoms. The molecule has 3 aromatic rings. The number of benzene rings is 2. The van der Waals surface area contributed by atoms with Gasteiger partial charge < -0.3 is 15.1 Å². The first kappa shape index (κ1) is 16.4. The Labute approximate surface area is 138 Å². The van der Waals surface area contributed by atoms with Crippen LogP contribution in [0.4, 0.5) is 14.5 Å². The van der Waals surface area contributed by atoms with Crippen LogP contribution in [0, 0.1) is 11.6 Å². The molecule has 25 heavy (non-hydrogen) atoms. The van der Waals surface area contributed by atoms with Crippen molar-refractivity contribution in [2.75, 3.05) is 11.9 Å². The first-order valence-corrected chi connectivity index (χ1v) is 7.08. The largest absolute Gasteiger partial charge is 0.417 e. The number of fused-ring (bicyclic) bond motifs is 1. The quantitative estimate of drug-likeness (QED) is 0.669. The lowest BCUT2D eigenvalue weighted by Crippen LogP contribution is -2.33. The van der Waals surface area contributed by atoms with Crippen LogP contribution in [0.15, 0.2) is 45.6 Å². The molecular formula is C16H11F2N3O4. The summed E-state index contributed by atoms with van der Waals surface area (Å²) in [6, 6.07) is 7.00. The van der Waals surface area contributed by atoms with Gasteiger partial charge in [-0.1, -0.05) is 0 Å². The van der Waals surface area contributed by atoms with E-state index in [0.29, 0.717) is 22.9 Å². The van der Waals surface area contributed by atoms with Crippen LogP contribution in [0.2, 0.25) is 0 Å². The van der Waals surface area contributed by atoms with Gasteiger partial charge in [-0.05, 0) is 30.3 Å². The Kier molecular flexibility index (Phi) is 4.29. The van der Waals surface area contributed by atoms with E-state index in [1.807, 2.05) is 0 Å². The molecule has 2 amide bonds. The summed E-state index contributed by atoms with van der Waals surface area (Å²) in [6.45, 7) is -0.421. The molecule has 0 atom stereocenters. The fourth-order valence-corrected chi connectivity index (χ4v) is 2.16. The Hall–Kier alpha value is -3.49. The molecule has 0 aliphatic rings. The summed E-state index contributed by atoms with van der Waals surface area (Å²) in [5.74, 6) is -3.86. The highest BCUT2D eigenvalue weighted by molar-refractivity contribution is 5.99. The Bertz CT molecular complexity index is 1030. The molecule has 0 saturated carbocycles. The second-order valence-corrected chi connectivity index (χ2v) is 5.08. The van der Waals surface area contributed by atoms with Gasteiger partial charge in [-0.3, -0.25) is 14.6 Å². The van der Waals surface area contributed by atoms with Gasteiger partial charge in [0.25, 0.3) is 5.91 Å². The van der Waals surface area contributed by atoms with E-state index < -0.39 is 35.7 Å². The van der Waals surface area contributed by atoms with Crippen LogP contribution in [0.3, 0.4) is 0 Å². The van der Waals surface area contributed by atoms with E-state index in [1.54, 1.807) is 0 Å². The molecule has 1 aromatic heterocycles. The number of amides is 2. The predicted octanol–water partition coefficient (Wildman–Crippen LogP) is 1.77. The van der Waals surface area contributed by atoms with Crippen molar-refractivity contribution in [1.29, 1.82) is 0 Å². The minimum Gasteiger partial charge on any atom is -0.408 e. The number of aromatic nitrogens is 1. The van der Waals surface area contributed by atoms with Gasteiger partial charge in [0.1, 0.15) is 11.6 Å². The van der Waals surface area contributed by atoms with Gasteiger partial charge >= 0.3 is 5.76 Å². The molecule has 2 aromatic carbocycles. The third-order valence-electron chi connectivity index (χ3n) is 3.29. The molecule has 0 unspecified atom stereocenters. The Morgan fingerprint density at radius 2 is 1.92 bits per heavy atom. The number of hydrogen-bond acceptors (Lipinski definition) is 4. The van der Waals surface area contributed by atoms with Gasteiger partial charge in [0.05, 0.1) is 17.6 Å². The molecule has 1 heterocycles. The number of H-pyrrole nitrogens is 1. The highest BCUT2D eigenvalue weighted by Gasteiger charge is 2.13. The first-order valence-electron chi connectivity index (χ1n) is 7.08. The van der Waals surface area contributed by atoms with E-state index >= 15 is 0 Å². The van der Waals surface area contributed by atoms with Crippen LogP contribution < -0.4 is 16.4 Å². The maximum Gasteiger partial charge on any atom is 0.417 e. The standard InChI is InChI=1S/C16H11F2N3O4/c17-8-1-3-10(11(18)5-8)15(23)19-7-14(22)20-9-2-4-13-12(6-9)21-16(24)25-13/h1-6H,7H2,(H,19,23)(H,20,22)(H,21,24). The molecule has 128 valence electrons. The summed E-state index contributed by atoms with van der Waals surface area (Å²) in [6.07, 6.45) is 0. The number of carbonyl (C=O) groups excluding carboxylic acids is 2. The van der Waals surface area contributed by atoms with Crippen LogP contribution in [0.25, 0.3) is 11.1 Å². The van der Waals surface area contributed by atoms with Crippen LogP contribution in [0.1, 0.15) is 10.4 Å². The summed E-state index contributed by atoms with van der Waals surface area (Å²) in [4.78, 5) is 37.2. The van der Waals surface area contributed by atoms with Gasteiger partial charge in [0.2, 0.25) is 5.91 Å². The van der Waals surface area contributed by atoms with Gasteiger partial charge in [0, 0.05) is 11.8 Å². The predicted molar refractivity (Wildman–Crippen MR) is 84.2 cm³/mol. The number of rotatable bonds is 4. The number of anilines is 1. The summed E-state index contributed by atoms with van der Waals surface area (Å²) >= 11 is 0. The molecule has 0 aliphatic heterocycles. The molecule has 0 spiro atoms. The maximum absolute atomic E-state index is 13.5. The summed E-state index contributed by atoms with van der Waals surface area (Å²) in [7, 11) is 0. The van der Waals surface area contributed by atoms with Crippen molar-refractivity contribution in [3.05, 3.63) is 64.1 Å². The fraction of sp³-hybridized carbons (Fsp3) is 0.0625. The molecule has 0 saturated heterocycles. The van der Waals surface area contributed by atoms with Crippen LogP contribution >= 0.6 is 0 Å². The zero-order chi connectivity index (χ0) is 18.0. The van der Waals surface area contributed by atoms with Crippen molar-refractivity contribution in [2.45, 2.75) is 0 Å². The normalized spacial score (nSPS) is 10.6. The number of oxazole rings is 1. The Morgan fingerprint density at radius 1 is 1.12 bits per heavy atom. The summed E-state index contributed by atoms with van der Waals surface area (Å²) in [5.41, 5.74) is 0.742. The fourth-order valence-electron chi connectivity index (χ4n) is 2.16. The highest BCUT2D eigenvalue weighted by atomic mass is 19.1. The molecule has 0 radical (unpaired) electrons. The smallest absolute Gasteiger partial charge is 0.408 e.